The van der Waals surface area contributed by atoms with Gasteiger partial charge in [-0.1, -0.05) is 25.0 Å². The van der Waals surface area contributed by atoms with Crippen LogP contribution in [0.3, 0.4) is 0 Å². The monoisotopic (exact) mass is 503 g/mol. The van der Waals surface area contributed by atoms with Crippen LogP contribution in [0.4, 0.5) is 4.79 Å². The van der Waals surface area contributed by atoms with Gasteiger partial charge in [0.1, 0.15) is 24.2 Å². The van der Waals surface area contributed by atoms with Crippen molar-refractivity contribution in [1.29, 1.82) is 0 Å². The predicted octanol–water partition coefficient (Wildman–Crippen LogP) is 1.90. The number of amides is 3. The second kappa shape index (κ2) is 12.9. The first-order valence-corrected chi connectivity index (χ1v) is 11.5. The molecule has 198 valence electrons. The highest BCUT2D eigenvalue weighted by atomic mass is 16.6. The number of hydrogen-bond donors (Lipinski definition) is 3. The number of esters is 1. The zero-order chi connectivity index (χ0) is 27.7. The Morgan fingerprint density at radius 1 is 1.11 bits per heavy atom. The Morgan fingerprint density at radius 3 is 2.14 bits per heavy atom. The van der Waals surface area contributed by atoms with Crippen molar-refractivity contribution < 1.29 is 33.8 Å². The summed E-state index contributed by atoms with van der Waals surface area (Å²) in [5.74, 6) is 0.457. The molecule has 0 fully saturated rings. The second-order valence-electron chi connectivity index (χ2n) is 9.72. The zero-order valence-electron chi connectivity index (χ0n) is 22.0. The molecule has 1 rings (SSSR count). The number of rotatable bonds is 10. The summed E-state index contributed by atoms with van der Waals surface area (Å²) in [6.45, 7) is 9.18. The van der Waals surface area contributed by atoms with Crippen LogP contribution in [-0.4, -0.2) is 71.3 Å². The van der Waals surface area contributed by atoms with Crippen LogP contribution in [0, 0.1) is 12.3 Å². The lowest BCUT2D eigenvalue weighted by atomic mass is 9.91. The third-order valence-electron chi connectivity index (χ3n) is 5.46. The molecule has 2 unspecified atom stereocenters. The van der Waals surface area contributed by atoms with Gasteiger partial charge in [0, 0.05) is 11.1 Å². The molecule has 0 saturated heterocycles. The molecule has 0 spiro atoms. The normalized spacial score (nSPS) is 13.0. The quantitative estimate of drug-likeness (QED) is 0.328. The van der Waals surface area contributed by atoms with E-state index < -0.39 is 60.3 Å². The van der Waals surface area contributed by atoms with Gasteiger partial charge in [-0.15, -0.1) is 6.42 Å². The van der Waals surface area contributed by atoms with E-state index in [9.17, 15) is 24.3 Å². The topological polar surface area (TPSA) is 134 Å². The van der Waals surface area contributed by atoms with Crippen LogP contribution in [-0.2, 0) is 23.9 Å². The van der Waals surface area contributed by atoms with Gasteiger partial charge in [-0.25, -0.2) is 4.79 Å². The highest BCUT2D eigenvalue weighted by molar-refractivity contribution is 5.93. The number of methoxy groups -OCH3 is 1. The number of aliphatic hydroxyl groups is 1. The van der Waals surface area contributed by atoms with Crippen molar-refractivity contribution in [3.63, 3.8) is 0 Å². The van der Waals surface area contributed by atoms with Crippen molar-refractivity contribution in [3.05, 3.63) is 35.4 Å². The first-order valence-electron chi connectivity index (χ1n) is 11.5. The fourth-order valence-corrected chi connectivity index (χ4v) is 3.26. The molecule has 36 heavy (non-hydrogen) atoms. The molecule has 2 atom stereocenters. The van der Waals surface area contributed by atoms with Gasteiger partial charge in [0.2, 0.25) is 11.8 Å². The Balaban J connectivity index is 3.55. The van der Waals surface area contributed by atoms with Crippen LogP contribution in [0.5, 0.6) is 0 Å². The Morgan fingerprint density at radius 2 is 1.69 bits per heavy atom. The maximum absolute atomic E-state index is 13.8. The summed E-state index contributed by atoms with van der Waals surface area (Å²) in [5.41, 5.74) is -0.761. The number of aliphatic hydroxyl groups excluding tert-OH is 1. The number of carbonyl (C=O) groups is 4. The zero-order valence-corrected chi connectivity index (χ0v) is 22.0. The fraction of sp³-hybridized carbons (Fsp3) is 0.538. The average molecular weight is 504 g/mol. The van der Waals surface area contributed by atoms with E-state index in [1.807, 2.05) is 6.92 Å². The van der Waals surface area contributed by atoms with Gasteiger partial charge in [0.25, 0.3) is 0 Å². The summed E-state index contributed by atoms with van der Waals surface area (Å²) in [6, 6.07) is 3.85. The number of terminal acetylenes is 1. The smallest absolute Gasteiger partial charge is 0.408 e. The minimum atomic E-state index is -1.40. The molecule has 0 bridgehead atoms. The van der Waals surface area contributed by atoms with E-state index in [0.29, 0.717) is 17.5 Å². The van der Waals surface area contributed by atoms with E-state index in [2.05, 4.69) is 21.3 Å². The van der Waals surface area contributed by atoms with E-state index in [-0.39, 0.29) is 0 Å². The lowest BCUT2D eigenvalue weighted by Crippen LogP contribution is -2.60. The molecule has 0 saturated carbocycles. The van der Waals surface area contributed by atoms with Gasteiger partial charge in [-0.05, 0) is 58.7 Å². The minimum absolute atomic E-state index is 0.414. The number of nitrogens with one attached hydrogen (secondary N) is 2. The molecule has 0 aliphatic heterocycles. The Hall–Kier alpha value is -3.58. The number of ether oxygens (including phenoxy) is 2. The molecule has 1 aromatic carbocycles. The van der Waals surface area contributed by atoms with Gasteiger partial charge < -0.3 is 30.1 Å². The van der Waals surface area contributed by atoms with Gasteiger partial charge in [0.15, 0.2) is 0 Å². The molecule has 1 aromatic rings. The number of hydrogen-bond acceptors (Lipinski definition) is 7. The largest absolute Gasteiger partial charge is 0.468 e. The van der Waals surface area contributed by atoms with Crippen LogP contribution in [0.15, 0.2) is 24.3 Å². The molecule has 3 N–H and O–H groups in total. The van der Waals surface area contributed by atoms with E-state index in [4.69, 9.17) is 11.2 Å². The van der Waals surface area contributed by atoms with Crippen molar-refractivity contribution in [3.8, 4) is 12.3 Å². The molecule has 10 heteroatoms. The van der Waals surface area contributed by atoms with Crippen LogP contribution in [0.25, 0.3) is 0 Å². The van der Waals surface area contributed by atoms with Crippen molar-refractivity contribution in [2.75, 3.05) is 20.3 Å². The van der Waals surface area contributed by atoms with Crippen LogP contribution >= 0.6 is 0 Å². The van der Waals surface area contributed by atoms with Crippen LogP contribution in [0.2, 0.25) is 0 Å². The molecule has 10 nitrogen and oxygen atoms in total. The number of carbonyl (C=O) groups excluding carboxylic acids is 4. The fourth-order valence-electron chi connectivity index (χ4n) is 3.26. The SMILES string of the molecule is C#Cc1ccc(C(C(=O)NCC(=O)OC)N(C(=O)C(CO)NC(=O)OC(C)(C)C)C(C)(C)CC)cc1. The van der Waals surface area contributed by atoms with E-state index in [0.717, 1.165) is 0 Å². The molecule has 0 aliphatic carbocycles. The third-order valence-corrected chi connectivity index (χ3v) is 5.46. The second-order valence-corrected chi connectivity index (χ2v) is 9.72. The van der Waals surface area contributed by atoms with Gasteiger partial charge in [0.05, 0.1) is 13.7 Å². The lowest BCUT2D eigenvalue weighted by molar-refractivity contribution is -0.150. The molecule has 0 heterocycles. The number of alkyl carbamates (subject to hydrolysis) is 1. The highest BCUT2D eigenvalue weighted by Crippen LogP contribution is 2.32. The summed E-state index contributed by atoms with van der Waals surface area (Å²) in [6.07, 6.45) is 4.98. The average Bonchev–Trinajstić information content (AvgIpc) is 2.82. The van der Waals surface area contributed by atoms with Crippen LogP contribution in [0.1, 0.15) is 65.1 Å². The molecular formula is C26H37N3O7. The van der Waals surface area contributed by atoms with Crippen molar-refractivity contribution in [2.24, 2.45) is 0 Å². The maximum Gasteiger partial charge on any atom is 0.408 e. The van der Waals surface area contributed by atoms with E-state index in [1.165, 1.54) is 12.0 Å². The first kappa shape index (κ1) is 30.5. The standard InChI is InChI=1S/C26H37N3O7/c1-9-17-11-13-18(14-12-17)21(22(32)27-15-20(31)35-8)29(26(6,7)10-2)23(33)19(16-30)28-24(34)36-25(3,4)5/h1,11-14,19,21,30H,10,15-16H2,2-8H3,(H,27,32)(H,28,34). The van der Waals surface area contributed by atoms with Crippen molar-refractivity contribution in [2.45, 2.75) is 71.2 Å². The van der Waals surface area contributed by atoms with Gasteiger partial charge in [-0.3, -0.25) is 14.4 Å². The molecular weight excluding hydrogens is 466 g/mol. The summed E-state index contributed by atoms with van der Waals surface area (Å²) in [7, 11) is 1.19. The lowest BCUT2D eigenvalue weighted by Gasteiger charge is -2.44. The van der Waals surface area contributed by atoms with Crippen molar-refractivity contribution >= 4 is 23.9 Å². The maximum atomic E-state index is 13.8. The molecule has 3 amide bonds. The molecule has 0 radical (unpaired) electrons. The van der Waals surface area contributed by atoms with Gasteiger partial charge in [-0.2, -0.15) is 0 Å². The van der Waals surface area contributed by atoms with Gasteiger partial charge >= 0.3 is 12.1 Å². The molecule has 0 aliphatic rings. The first-order chi connectivity index (χ1) is 16.7. The minimum Gasteiger partial charge on any atom is -0.468 e. The number of benzene rings is 1. The van der Waals surface area contributed by atoms with E-state index in [1.54, 1.807) is 58.9 Å². The summed E-state index contributed by atoms with van der Waals surface area (Å²) >= 11 is 0. The summed E-state index contributed by atoms with van der Waals surface area (Å²) in [5, 5.41) is 14.9. The third kappa shape index (κ3) is 8.57. The Kier molecular flexibility index (Phi) is 10.9. The summed E-state index contributed by atoms with van der Waals surface area (Å²) < 4.78 is 9.83. The Labute approximate surface area is 212 Å². The highest BCUT2D eigenvalue weighted by Gasteiger charge is 2.43. The Bertz CT molecular complexity index is 975. The van der Waals surface area contributed by atoms with Crippen LogP contribution < -0.4 is 10.6 Å². The predicted molar refractivity (Wildman–Crippen MR) is 134 cm³/mol. The number of nitrogens with zero attached hydrogens (tertiary/aromatic N) is 1. The molecule has 0 aromatic heterocycles. The summed E-state index contributed by atoms with van der Waals surface area (Å²) in [4.78, 5) is 52.6. The van der Waals surface area contributed by atoms with Crippen molar-refractivity contribution in [1.82, 2.24) is 15.5 Å². The van der Waals surface area contributed by atoms with E-state index >= 15 is 0 Å².